The first-order valence-corrected chi connectivity index (χ1v) is 6.58. The predicted molar refractivity (Wildman–Crippen MR) is 67.7 cm³/mol. The highest BCUT2D eigenvalue weighted by Gasteiger charge is 2.32. The van der Waals surface area contributed by atoms with Crippen molar-refractivity contribution in [2.45, 2.75) is 58.0 Å². The largest absolute Gasteiger partial charge is 0.347 e. The van der Waals surface area contributed by atoms with Crippen LogP contribution in [-0.2, 0) is 9.59 Å². The van der Waals surface area contributed by atoms with Gasteiger partial charge in [-0.05, 0) is 39.7 Å². The van der Waals surface area contributed by atoms with Crippen LogP contribution < -0.4 is 10.6 Å². The normalized spacial score (nSPS) is 19.1. The molecule has 1 aliphatic rings. The van der Waals surface area contributed by atoms with Gasteiger partial charge in [0.15, 0.2) is 0 Å². The fourth-order valence-corrected chi connectivity index (χ4v) is 2.52. The monoisotopic (exact) mass is 240 g/mol. The van der Waals surface area contributed by atoms with Crippen molar-refractivity contribution in [3.8, 4) is 0 Å². The average Bonchev–Trinajstić information content (AvgIpc) is 2.30. The lowest BCUT2D eigenvalue weighted by Gasteiger charge is -2.28. The topological polar surface area (TPSA) is 58.2 Å². The Morgan fingerprint density at radius 2 is 1.71 bits per heavy atom. The molecule has 0 bridgehead atoms. The van der Waals surface area contributed by atoms with Crippen molar-refractivity contribution in [3.05, 3.63) is 0 Å². The summed E-state index contributed by atoms with van der Waals surface area (Å²) in [5, 5.41) is 5.68. The minimum atomic E-state index is -0.454. The van der Waals surface area contributed by atoms with Gasteiger partial charge in [0.1, 0.15) is 0 Å². The van der Waals surface area contributed by atoms with E-state index in [2.05, 4.69) is 10.6 Å². The predicted octanol–water partition coefficient (Wildman–Crippen LogP) is 1.25. The molecule has 17 heavy (non-hydrogen) atoms. The van der Waals surface area contributed by atoms with Gasteiger partial charge in [-0.2, -0.15) is 0 Å². The molecule has 0 aromatic heterocycles. The summed E-state index contributed by atoms with van der Waals surface area (Å²) in [5.41, 5.74) is 0. The number of amides is 1. The van der Waals surface area contributed by atoms with Crippen LogP contribution >= 0.6 is 0 Å². The fraction of sp³-hybridized carbons (Fsp3) is 0.846. The number of carbonyl (C=O) groups is 2. The molecule has 1 saturated carbocycles. The molecule has 0 aromatic carbocycles. The Hall–Kier alpha value is -0.900. The van der Waals surface area contributed by atoms with Crippen LogP contribution in [0.15, 0.2) is 0 Å². The van der Waals surface area contributed by atoms with Gasteiger partial charge in [-0.25, -0.2) is 0 Å². The van der Waals surface area contributed by atoms with Crippen LogP contribution in [0.3, 0.4) is 0 Å². The summed E-state index contributed by atoms with van der Waals surface area (Å²) in [6.07, 6.45) is 5.68. The first-order chi connectivity index (χ1) is 8.06. The van der Waals surface area contributed by atoms with Gasteiger partial charge in [-0.1, -0.05) is 19.3 Å². The molecule has 0 radical (unpaired) electrons. The van der Waals surface area contributed by atoms with E-state index in [1.54, 1.807) is 7.05 Å². The van der Waals surface area contributed by atoms with Crippen molar-refractivity contribution in [2.75, 3.05) is 7.05 Å². The van der Waals surface area contributed by atoms with Crippen molar-refractivity contribution in [1.29, 1.82) is 0 Å². The number of ketones is 1. The summed E-state index contributed by atoms with van der Waals surface area (Å²) < 4.78 is 0. The van der Waals surface area contributed by atoms with Crippen molar-refractivity contribution in [1.82, 2.24) is 10.6 Å². The highest BCUT2D eigenvalue weighted by molar-refractivity contribution is 6.38. The lowest BCUT2D eigenvalue weighted by atomic mass is 9.82. The molecule has 4 heteroatoms. The lowest BCUT2D eigenvalue weighted by Crippen LogP contribution is -2.49. The van der Waals surface area contributed by atoms with Crippen LogP contribution in [0, 0.1) is 5.92 Å². The third-order valence-electron chi connectivity index (χ3n) is 3.36. The Labute approximate surface area is 104 Å². The Morgan fingerprint density at radius 3 is 2.18 bits per heavy atom. The number of rotatable bonds is 5. The van der Waals surface area contributed by atoms with Crippen molar-refractivity contribution in [3.63, 3.8) is 0 Å². The quantitative estimate of drug-likeness (QED) is 0.711. The number of hydrogen-bond acceptors (Lipinski definition) is 3. The molecule has 1 aliphatic carbocycles. The van der Waals surface area contributed by atoms with Gasteiger partial charge in [0.2, 0.25) is 5.78 Å². The van der Waals surface area contributed by atoms with Gasteiger partial charge in [-0.3, -0.25) is 9.59 Å². The second-order valence-electron chi connectivity index (χ2n) is 5.16. The SMILES string of the molecule is CNC(C(=O)C(=O)NC(C)C)C1CCCCC1. The third-order valence-corrected chi connectivity index (χ3v) is 3.36. The number of likely N-dealkylation sites (N-methyl/N-ethyl adjacent to an activating group) is 1. The molecule has 0 spiro atoms. The minimum absolute atomic E-state index is 0.00955. The maximum Gasteiger partial charge on any atom is 0.289 e. The van der Waals surface area contributed by atoms with Crippen LogP contribution in [0.1, 0.15) is 46.0 Å². The molecule has 0 aliphatic heterocycles. The maximum atomic E-state index is 12.0. The van der Waals surface area contributed by atoms with Crippen LogP contribution in [0.25, 0.3) is 0 Å². The van der Waals surface area contributed by atoms with E-state index in [9.17, 15) is 9.59 Å². The molecule has 0 heterocycles. The highest BCUT2D eigenvalue weighted by Crippen LogP contribution is 2.26. The fourth-order valence-electron chi connectivity index (χ4n) is 2.52. The van der Waals surface area contributed by atoms with Gasteiger partial charge < -0.3 is 10.6 Å². The van der Waals surface area contributed by atoms with Gasteiger partial charge in [-0.15, -0.1) is 0 Å². The van der Waals surface area contributed by atoms with Crippen molar-refractivity contribution >= 4 is 11.7 Å². The zero-order valence-electron chi connectivity index (χ0n) is 11.1. The van der Waals surface area contributed by atoms with E-state index >= 15 is 0 Å². The molecule has 1 fully saturated rings. The molecule has 0 aromatic rings. The summed E-state index contributed by atoms with van der Waals surface area (Å²) >= 11 is 0. The Kier molecular flexibility index (Phi) is 5.62. The van der Waals surface area contributed by atoms with E-state index < -0.39 is 5.91 Å². The molecule has 1 rings (SSSR count). The van der Waals surface area contributed by atoms with Crippen molar-refractivity contribution in [2.24, 2.45) is 5.92 Å². The van der Waals surface area contributed by atoms with Gasteiger partial charge >= 0.3 is 0 Å². The summed E-state index contributed by atoms with van der Waals surface area (Å²) in [5.74, 6) is -0.447. The summed E-state index contributed by atoms with van der Waals surface area (Å²) in [4.78, 5) is 23.7. The smallest absolute Gasteiger partial charge is 0.289 e. The van der Waals surface area contributed by atoms with Crippen LogP contribution in [0.5, 0.6) is 0 Å². The number of nitrogens with one attached hydrogen (secondary N) is 2. The zero-order chi connectivity index (χ0) is 12.8. The lowest BCUT2D eigenvalue weighted by molar-refractivity contribution is -0.140. The minimum Gasteiger partial charge on any atom is -0.347 e. The molecular formula is C13H24N2O2. The molecule has 98 valence electrons. The number of hydrogen-bond donors (Lipinski definition) is 2. The number of Topliss-reactive ketones (excluding diaryl/α,β-unsaturated/α-hetero) is 1. The second-order valence-corrected chi connectivity index (χ2v) is 5.16. The van der Waals surface area contributed by atoms with E-state index in [0.717, 1.165) is 12.8 Å². The first-order valence-electron chi connectivity index (χ1n) is 6.58. The van der Waals surface area contributed by atoms with E-state index in [-0.39, 0.29) is 17.9 Å². The Bertz CT molecular complexity index is 271. The molecule has 2 N–H and O–H groups in total. The highest BCUT2D eigenvalue weighted by atomic mass is 16.2. The molecule has 0 saturated heterocycles. The summed E-state index contributed by atoms with van der Waals surface area (Å²) in [6, 6.07) is -0.302. The average molecular weight is 240 g/mol. The summed E-state index contributed by atoms with van der Waals surface area (Å²) in [7, 11) is 1.76. The van der Waals surface area contributed by atoms with Crippen LogP contribution in [0.2, 0.25) is 0 Å². The van der Waals surface area contributed by atoms with E-state index in [1.165, 1.54) is 19.3 Å². The third kappa shape index (κ3) is 4.11. The number of carbonyl (C=O) groups excluding carboxylic acids is 2. The zero-order valence-corrected chi connectivity index (χ0v) is 11.1. The molecule has 1 unspecified atom stereocenters. The Balaban J connectivity index is 2.59. The summed E-state index contributed by atoms with van der Waals surface area (Å²) in [6.45, 7) is 3.72. The van der Waals surface area contributed by atoms with Crippen LogP contribution in [-0.4, -0.2) is 30.8 Å². The van der Waals surface area contributed by atoms with Crippen molar-refractivity contribution < 1.29 is 9.59 Å². The van der Waals surface area contributed by atoms with E-state index in [4.69, 9.17) is 0 Å². The van der Waals surface area contributed by atoms with Gasteiger partial charge in [0.25, 0.3) is 5.91 Å². The Morgan fingerprint density at radius 1 is 1.12 bits per heavy atom. The van der Waals surface area contributed by atoms with Gasteiger partial charge in [0, 0.05) is 6.04 Å². The van der Waals surface area contributed by atoms with Crippen LogP contribution in [0.4, 0.5) is 0 Å². The first kappa shape index (κ1) is 14.2. The molecule has 1 amide bonds. The van der Waals surface area contributed by atoms with Gasteiger partial charge in [0.05, 0.1) is 6.04 Å². The molecular weight excluding hydrogens is 216 g/mol. The van der Waals surface area contributed by atoms with E-state index in [0.29, 0.717) is 5.92 Å². The standard InChI is InChI=1S/C13H24N2O2/c1-9(2)15-13(17)12(16)11(14-3)10-7-5-4-6-8-10/h9-11,14H,4-8H2,1-3H3,(H,15,17). The maximum absolute atomic E-state index is 12.0. The second kappa shape index (κ2) is 6.74. The molecule has 4 nitrogen and oxygen atoms in total. The molecule has 1 atom stereocenters. The van der Waals surface area contributed by atoms with E-state index in [1.807, 2.05) is 13.8 Å².